The Morgan fingerprint density at radius 2 is 1.79 bits per heavy atom. The van der Waals surface area contributed by atoms with E-state index in [4.69, 9.17) is 0 Å². The van der Waals surface area contributed by atoms with Crippen molar-refractivity contribution in [3.8, 4) is 0 Å². The molecule has 1 aliphatic rings. The molecule has 8 nitrogen and oxygen atoms in total. The highest BCUT2D eigenvalue weighted by Gasteiger charge is 2.28. The number of aromatic amines is 1. The fourth-order valence-electron chi connectivity index (χ4n) is 3.29. The van der Waals surface area contributed by atoms with Crippen molar-refractivity contribution in [2.24, 2.45) is 0 Å². The van der Waals surface area contributed by atoms with Crippen molar-refractivity contribution in [2.45, 2.75) is 32.4 Å². The monoisotopic (exact) mass is 391 g/mol. The number of fused-ring (bicyclic) bond motifs is 1. The minimum absolute atomic E-state index is 0.142. The summed E-state index contributed by atoms with van der Waals surface area (Å²) in [5, 5.41) is 5.62. The predicted molar refractivity (Wildman–Crippen MR) is 108 cm³/mol. The minimum atomic E-state index is -0.351. The molecule has 1 aliphatic heterocycles. The third-order valence-electron chi connectivity index (χ3n) is 4.87. The highest BCUT2D eigenvalue weighted by Crippen LogP contribution is 2.18. The molecule has 1 unspecified atom stereocenters. The van der Waals surface area contributed by atoms with Crippen LogP contribution in [0.15, 0.2) is 48.5 Å². The van der Waals surface area contributed by atoms with E-state index in [1.54, 1.807) is 24.3 Å². The number of rotatable bonds is 5. The summed E-state index contributed by atoms with van der Waals surface area (Å²) >= 11 is 0. The van der Waals surface area contributed by atoms with Gasteiger partial charge in [0.1, 0.15) is 5.82 Å². The van der Waals surface area contributed by atoms with Crippen LogP contribution in [-0.2, 0) is 16.1 Å². The number of H-pyrrole nitrogens is 1. The number of hydrogen-bond donors (Lipinski definition) is 3. The van der Waals surface area contributed by atoms with Crippen molar-refractivity contribution in [3.63, 3.8) is 0 Å². The van der Waals surface area contributed by atoms with E-state index in [0.29, 0.717) is 11.5 Å². The van der Waals surface area contributed by atoms with Crippen molar-refractivity contribution in [3.05, 3.63) is 59.9 Å². The number of imide groups is 1. The number of urea groups is 1. The lowest BCUT2D eigenvalue weighted by atomic mass is 10.2. The zero-order valence-electron chi connectivity index (χ0n) is 15.9. The lowest BCUT2D eigenvalue weighted by Gasteiger charge is -2.15. The van der Waals surface area contributed by atoms with Gasteiger partial charge in [-0.3, -0.25) is 14.5 Å². The van der Waals surface area contributed by atoms with Crippen LogP contribution in [0.3, 0.4) is 0 Å². The van der Waals surface area contributed by atoms with E-state index in [1.807, 2.05) is 31.2 Å². The molecule has 2 aromatic carbocycles. The second kappa shape index (κ2) is 7.75. The third kappa shape index (κ3) is 4.11. The van der Waals surface area contributed by atoms with Crippen LogP contribution in [-0.4, -0.2) is 32.7 Å². The van der Waals surface area contributed by atoms with E-state index >= 15 is 0 Å². The summed E-state index contributed by atoms with van der Waals surface area (Å²) < 4.78 is 0. The standard InChI is InChI=1S/C21H21N5O3/c1-13(20-24-16-4-2-3-5-17(16)25-20)22-21(29)23-15-8-6-14(7-9-15)12-26-18(27)10-11-19(26)28/h2-9,13H,10-12H2,1H3,(H,24,25)(H2,22,23,29). The van der Waals surface area contributed by atoms with Crippen LogP contribution in [0.2, 0.25) is 0 Å². The summed E-state index contributed by atoms with van der Waals surface area (Å²) in [5.74, 6) is 0.393. The average Bonchev–Trinajstić information content (AvgIpc) is 3.28. The van der Waals surface area contributed by atoms with Gasteiger partial charge in [-0.1, -0.05) is 24.3 Å². The Balaban J connectivity index is 1.34. The number of amides is 4. The molecule has 148 valence electrons. The molecule has 1 saturated heterocycles. The average molecular weight is 391 g/mol. The highest BCUT2D eigenvalue weighted by atomic mass is 16.2. The van der Waals surface area contributed by atoms with Gasteiger partial charge in [-0.2, -0.15) is 0 Å². The first kappa shape index (κ1) is 18.7. The number of para-hydroxylation sites is 2. The number of imidazole rings is 1. The number of nitrogens with one attached hydrogen (secondary N) is 3. The summed E-state index contributed by atoms with van der Waals surface area (Å²) in [5.41, 5.74) is 3.21. The zero-order valence-corrected chi connectivity index (χ0v) is 15.9. The first-order valence-corrected chi connectivity index (χ1v) is 9.44. The van der Waals surface area contributed by atoms with Crippen molar-refractivity contribution >= 4 is 34.6 Å². The van der Waals surface area contributed by atoms with Gasteiger partial charge in [0, 0.05) is 18.5 Å². The first-order valence-electron chi connectivity index (χ1n) is 9.44. The number of carbonyl (C=O) groups excluding carboxylic acids is 3. The van der Waals surface area contributed by atoms with Gasteiger partial charge in [-0.15, -0.1) is 0 Å². The van der Waals surface area contributed by atoms with Crippen molar-refractivity contribution < 1.29 is 14.4 Å². The number of likely N-dealkylation sites (tertiary alicyclic amines) is 1. The van der Waals surface area contributed by atoms with Crippen molar-refractivity contribution in [1.82, 2.24) is 20.2 Å². The Morgan fingerprint density at radius 3 is 2.48 bits per heavy atom. The van der Waals surface area contributed by atoms with Crippen LogP contribution >= 0.6 is 0 Å². The Labute approximate surface area is 167 Å². The van der Waals surface area contributed by atoms with Gasteiger partial charge in [0.15, 0.2) is 0 Å². The lowest BCUT2D eigenvalue weighted by Crippen LogP contribution is -2.31. The van der Waals surface area contributed by atoms with E-state index in [1.165, 1.54) is 4.90 Å². The Hall–Kier alpha value is -3.68. The maximum Gasteiger partial charge on any atom is 0.319 e. The SMILES string of the molecule is CC(NC(=O)Nc1ccc(CN2C(=O)CCC2=O)cc1)c1nc2ccccc2[nH]1. The molecule has 0 saturated carbocycles. The molecule has 0 bridgehead atoms. The normalized spacial score (nSPS) is 15.0. The van der Waals surface area contributed by atoms with Crippen molar-refractivity contribution in [2.75, 3.05) is 5.32 Å². The van der Waals surface area contributed by atoms with Crippen LogP contribution in [0.4, 0.5) is 10.5 Å². The maximum atomic E-state index is 12.3. The second-order valence-corrected chi connectivity index (χ2v) is 7.03. The van der Waals surface area contributed by atoms with Gasteiger partial charge in [-0.05, 0) is 36.8 Å². The van der Waals surface area contributed by atoms with Crippen LogP contribution in [0.5, 0.6) is 0 Å². The summed E-state index contributed by atoms with van der Waals surface area (Å²) in [6, 6.07) is 14.1. The van der Waals surface area contributed by atoms with Gasteiger partial charge >= 0.3 is 6.03 Å². The van der Waals surface area contributed by atoms with E-state index in [9.17, 15) is 14.4 Å². The number of aromatic nitrogens is 2. The van der Waals surface area contributed by atoms with Gasteiger partial charge in [0.05, 0.1) is 23.6 Å². The second-order valence-electron chi connectivity index (χ2n) is 7.03. The Kier molecular flexibility index (Phi) is 4.99. The molecule has 8 heteroatoms. The molecule has 1 aromatic heterocycles. The first-order chi connectivity index (χ1) is 14.0. The van der Waals surface area contributed by atoms with Gasteiger partial charge in [-0.25, -0.2) is 9.78 Å². The quantitative estimate of drug-likeness (QED) is 0.581. The number of hydrogen-bond acceptors (Lipinski definition) is 4. The van der Waals surface area contributed by atoms with Crippen LogP contribution < -0.4 is 10.6 Å². The van der Waals surface area contributed by atoms with Crippen LogP contribution in [0.1, 0.15) is 37.2 Å². The highest BCUT2D eigenvalue weighted by molar-refractivity contribution is 6.01. The lowest BCUT2D eigenvalue weighted by molar-refractivity contribution is -0.139. The molecule has 3 aromatic rings. The van der Waals surface area contributed by atoms with Gasteiger partial charge in [0.25, 0.3) is 0 Å². The maximum absolute atomic E-state index is 12.3. The number of benzene rings is 2. The molecular weight excluding hydrogens is 370 g/mol. The van der Waals surface area contributed by atoms with E-state index in [0.717, 1.165) is 16.6 Å². The van der Waals surface area contributed by atoms with E-state index in [2.05, 4.69) is 20.6 Å². The van der Waals surface area contributed by atoms with Crippen LogP contribution in [0, 0.1) is 0 Å². The Morgan fingerprint density at radius 1 is 1.10 bits per heavy atom. The molecule has 1 fully saturated rings. The molecule has 0 aliphatic carbocycles. The molecule has 2 heterocycles. The zero-order chi connectivity index (χ0) is 20.4. The molecule has 1 atom stereocenters. The molecule has 3 N–H and O–H groups in total. The molecule has 29 heavy (non-hydrogen) atoms. The third-order valence-corrected chi connectivity index (χ3v) is 4.87. The topological polar surface area (TPSA) is 107 Å². The van der Waals surface area contributed by atoms with E-state index < -0.39 is 0 Å². The molecular formula is C21H21N5O3. The molecule has 0 spiro atoms. The summed E-state index contributed by atoms with van der Waals surface area (Å²) in [6.45, 7) is 2.11. The summed E-state index contributed by atoms with van der Waals surface area (Å²) in [7, 11) is 0. The number of nitrogens with zero attached hydrogens (tertiary/aromatic N) is 2. The largest absolute Gasteiger partial charge is 0.340 e. The van der Waals surface area contributed by atoms with Gasteiger partial charge in [0.2, 0.25) is 11.8 Å². The van der Waals surface area contributed by atoms with E-state index in [-0.39, 0.29) is 43.3 Å². The summed E-state index contributed by atoms with van der Waals surface area (Å²) in [6.07, 6.45) is 0.560. The smallest absolute Gasteiger partial charge is 0.319 e. The minimum Gasteiger partial charge on any atom is -0.340 e. The predicted octanol–water partition coefficient (Wildman–Crippen LogP) is 3.09. The molecule has 0 radical (unpaired) electrons. The number of anilines is 1. The molecule has 4 amide bonds. The summed E-state index contributed by atoms with van der Waals surface area (Å²) in [4.78, 5) is 44.7. The van der Waals surface area contributed by atoms with Gasteiger partial charge < -0.3 is 15.6 Å². The fourth-order valence-corrected chi connectivity index (χ4v) is 3.29. The number of carbonyl (C=O) groups is 3. The Bertz CT molecular complexity index is 1020. The van der Waals surface area contributed by atoms with Crippen molar-refractivity contribution in [1.29, 1.82) is 0 Å². The van der Waals surface area contributed by atoms with Crippen LogP contribution in [0.25, 0.3) is 11.0 Å². The molecule has 4 rings (SSSR count). The fraction of sp³-hybridized carbons (Fsp3) is 0.238.